The first-order valence-corrected chi connectivity index (χ1v) is 8.38. The fraction of sp³-hybridized carbons (Fsp3) is 0.389. The molecule has 0 spiro atoms. The Kier molecular flexibility index (Phi) is 5.79. The van der Waals surface area contributed by atoms with Crippen LogP contribution in [0.4, 0.5) is 0 Å². The summed E-state index contributed by atoms with van der Waals surface area (Å²) in [5, 5.41) is 6.92. The van der Waals surface area contributed by atoms with Gasteiger partial charge in [0.05, 0.1) is 12.6 Å². The first-order chi connectivity index (χ1) is 12.2. The Bertz CT molecular complexity index is 754. The van der Waals surface area contributed by atoms with E-state index in [1.165, 1.54) is 16.8 Å². The van der Waals surface area contributed by atoms with Gasteiger partial charge in [-0.15, -0.1) is 0 Å². The molecule has 2 heterocycles. The topological polar surface area (TPSA) is 82.5 Å². The van der Waals surface area contributed by atoms with E-state index in [0.29, 0.717) is 6.54 Å². The van der Waals surface area contributed by atoms with Crippen LogP contribution >= 0.6 is 0 Å². The monoisotopic (exact) mass is 343 g/mol. The molecule has 1 N–H and O–H groups in total. The van der Waals surface area contributed by atoms with Gasteiger partial charge in [0.1, 0.15) is 18.1 Å². The van der Waals surface area contributed by atoms with Crippen molar-refractivity contribution in [3.05, 3.63) is 58.5 Å². The average Bonchev–Trinajstić information content (AvgIpc) is 3.16. The Labute approximate surface area is 145 Å². The van der Waals surface area contributed by atoms with Gasteiger partial charge in [0.15, 0.2) is 0 Å². The van der Waals surface area contributed by atoms with Crippen LogP contribution in [0.15, 0.2) is 47.3 Å². The third kappa shape index (κ3) is 4.90. The van der Waals surface area contributed by atoms with Crippen molar-refractivity contribution in [3.63, 3.8) is 0 Å². The Balaban J connectivity index is 1.55. The third-order valence-corrected chi connectivity index (χ3v) is 3.93. The number of nitrogens with one attached hydrogen (secondary N) is 1. The second-order valence-corrected chi connectivity index (χ2v) is 5.79. The highest BCUT2D eigenvalue weighted by molar-refractivity contribution is 5.91. The molecule has 7 nitrogen and oxygen atoms in total. The van der Waals surface area contributed by atoms with E-state index in [4.69, 9.17) is 9.47 Å². The lowest BCUT2D eigenvalue weighted by Crippen LogP contribution is -2.34. The molecule has 0 bridgehead atoms. The summed E-state index contributed by atoms with van der Waals surface area (Å²) < 4.78 is 12.3. The minimum atomic E-state index is -0.312. The van der Waals surface area contributed by atoms with E-state index < -0.39 is 0 Å². The van der Waals surface area contributed by atoms with E-state index in [0.717, 1.165) is 25.2 Å². The van der Waals surface area contributed by atoms with E-state index in [2.05, 4.69) is 10.4 Å². The number of para-hydroxylation sites is 1. The van der Waals surface area contributed by atoms with Gasteiger partial charge in [0.2, 0.25) is 0 Å². The van der Waals surface area contributed by atoms with Crippen LogP contribution in [0.25, 0.3) is 0 Å². The number of carbonyl (C=O) groups is 1. The first-order valence-electron chi connectivity index (χ1n) is 8.38. The summed E-state index contributed by atoms with van der Waals surface area (Å²) >= 11 is 0. The van der Waals surface area contributed by atoms with E-state index in [9.17, 15) is 9.59 Å². The predicted octanol–water partition coefficient (Wildman–Crippen LogP) is 1.23. The molecule has 1 amide bonds. The Morgan fingerprint density at radius 2 is 2.12 bits per heavy atom. The molecule has 1 atom stereocenters. The van der Waals surface area contributed by atoms with E-state index in [-0.39, 0.29) is 36.4 Å². The third-order valence-electron chi connectivity index (χ3n) is 3.93. The number of hydrogen-bond acceptors (Lipinski definition) is 5. The van der Waals surface area contributed by atoms with Crippen molar-refractivity contribution in [1.82, 2.24) is 15.1 Å². The van der Waals surface area contributed by atoms with Crippen molar-refractivity contribution in [3.8, 4) is 5.75 Å². The molecular weight excluding hydrogens is 322 g/mol. The highest BCUT2D eigenvalue weighted by Crippen LogP contribution is 2.10. The van der Waals surface area contributed by atoms with Gasteiger partial charge < -0.3 is 14.8 Å². The number of hydrogen-bond donors (Lipinski definition) is 1. The van der Waals surface area contributed by atoms with Crippen LogP contribution in [0.3, 0.4) is 0 Å². The quantitative estimate of drug-likeness (QED) is 0.818. The van der Waals surface area contributed by atoms with Crippen molar-refractivity contribution in [2.45, 2.75) is 25.5 Å². The maximum Gasteiger partial charge on any atom is 0.271 e. The van der Waals surface area contributed by atoms with Gasteiger partial charge >= 0.3 is 0 Å². The molecule has 1 saturated heterocycles. The van der Waals surface area contributed by atoms with Crippen LogP contribution in [0, 0.1) is 0 Å². The minimum Gasteiger partial charge on any atom is -0.492 e. The molecule has 0 aliphatic carbocycles. The molecule has 132 valence electrons. The summed E-state index contributed by atoms with van der Waals surface area (Å²) in [6.45, 7) is 1.75. The highest BCUT2D eigenvalue weighted by atomic mass is 16.5. The van der Waals surface area contributed by atoms with E-state index >= 15 is 0 Å². The zero-order valence-electron chi connectivity index (χ0n) is 13.9. The standard InChI is InChI=1S/C18H21N3O4/c22-17-9-8-16(18(23)19-13-15-7-4-11-24-15)20-21(17)10-12-25-14-5-2-1-3-6-14/h1-3,5-6,8-9,15H,4,7,10-13H2,(H,19,23). The maximum atomic E-state index is 12.2. The number of amides is 1. The largest absolute Gasteiger partial charge is 0.492 e. The highest BCUT2D eigenvalue weighted by Gasteiger charge is 2.17. The van der Waals surface area contributed by atoms with Gasteiger partial charge in [-0.05, 0) is 31.0 Å². The van der Waals surface area contributed by atoms with Crippen LogP contribution in [0.5, 0.6) is 5.75 Å². The smallest absolute Gasteiger partial charge is 0.271 e. The summed E-state index contributed by atoms with van der Waals surface area (Å²) in [6, 6.07) is 12.1. The number of ether oxygens (including phenoxy) is 2. The summed E-state index contributed by atoms with van der Waals surface area (Å²) in [5.41, 5.74) is -0.0651. The van der Waals surface area contributed by atoms with Crippen LogP contribution in [-0.4, -0.2) is 41.6 Å². The second-order valence-electron chi connectivity index (χ2n) is 5.79. The number of nitrogens with zero attached hydrogens (tertiary/aromatic N) is 2. The molecule has 1 aliphatic rings. The fourth-order valence-corrected chi connectivity index (χ4v) is 2.60. The molecule has 1 unspecified atom stereocenters. The Morgan fingerprint density at radius 1 is 1.28 bits per heavy atom. The van der Waals surface area contributed by atoms with Crippen molar-refractivity contribution < 1.29 is 14.3 Å². The van der Waals surface area contributed by atoms with E-state index in [1.807, 2.05) is 30.3 Å². The molecule has 1 aromatic carbocycles. The zero-order chi connectivity index (χ0) is 17.5. The summed E-state index contributed by atoms with van der Waals surface area (Å²) in [4.78, 5) is 24.1. The van der Waals surface area contributed by atoms with Crippen LogP contribution in [0.2, 0.25) is 0 Å². The Hall–Kier alpha value is -2.67. The summed E-state index contributed by atoms with van der Waals surface area (Å²) in [6.07, 6.45) is 2.03. The normalized spacial score (nSPS) is 16.6. The van der Waals surface area contributed by atoms with Crippen molar-refractivity contribution in [2.75, 3.05) is 19.8 Å². The molecule has 1 fully saturated rings. The molecule has 3 rings (SSSR count). The average molecular weight is 343 g/mol. The molecule has 1 aliphatic heterocycles. The molecule has 7 heteroatoms. The summed E-state index contributed by atoms with van der Waals surface area (Å²) in [5.74, 6) is 0.411. The van der Waals surface area contributed by atoms with Crippen molar-refractivity contribution >= 4 is 5.91 Å². The zero-order valence-corrected chi connectivity index (χ0v) is 13.9. The SMILES string of the molecule is O=C(NCC1CCCO1)c1ccc(=O)n(CCOc2ccccc2)n1. The molecule has 25 heavy (non-hydrogen) atoms. The lowest BCUT2D eigenvalue weighted by molar-refractivity contribution is 0.0851. The number of rotatable bonds is 7. The van der Waals surface area contributed by atoms with Gasteiger partial charge in [0, 0.05) is 19.2 Å². The maximum absolute atomic E-state index is 12.2. The fourth-order valence-electron chi connectivity index (χ4n) is 2.60. The van der Waals surface area contributed by atoms with Gasteiger partial charge in [-0.2, -0.15) is 5.10 Å². The molecule has 0 saturated carbocycles. The van der Waals surface area contributed by atoms with Crippen LogP contribution < -0.4 is 15.6 Å². The Morgan fingerprint density at radius 3 is 2.88 bits per heavy atom. The number of aromatic nitrogens is 2. The van der Waals surface area contributed by atoms with Gasteiger partial charge in [-0.3, -0.25) is 9.59 Å². The lowest BCUT2D eigenvalue weighted by atomic mass is 10.2. The predicted molar refractivity (Wildman–Crippen MR) is 91.7 cm³/mol. The minimum absolute atomic E-state index is 0.0640. The number of benzene rings is 1. The molecule has 1 aromatic heterocycles. The van der Waals surface area contributed by atoms with E-state index in [1.54, 1.807) is 0 Å². The molecule has 0 radical (unpaired) electrons. The van der Waals surface area contributed by atoms with Crippen LogP contribution in [-0.2, 0) is 11.3 Å². The van der Waals surface area contributed by atoms with Crippen LogP contribution in [0.1, 0.15) is 23.3 Å². The van der Waals surface area contributed by atoms with Crippen molar-refractivity contribution in [1.29, 1.82) is 0 Å². The number of carbonyl (C=O) groups excluding carboxylic acids is 1. The lowest BCUT2D eigenvalue weighted by Gasteiger charge is -2.11. The molecule has 2 aromatic rings. The van der Waals surface area contributed by atoms with Gasteiger partial charge in [0.25, 0.3) is 11.5 Å². The first kappa shape index (κ1) is 17.2. The second kappa shape index (κ2) is 8.43. The van der Waals surface area contributed by atoms with Crippen molar-refractivity contribution in [2.24, 2.45) is 0 Å². The molecular formula is C18H21N3O4. The van der Waals surface area contributed by atoms with Gasteiger partial charge in [-0.1, -0.05) is 18.2 Å². The van der Waals surface area contributed by atoms with Gasteiger partial charge in [-0.25, -0.2) is 4.68 Å². The summed E-state index contributed by atoms with van der Waals surface area (Å²) in [7, 11) is 0.